The number of hydrogen-bond donors (Lipinski definition) is 0. The highest BCUT2D eigenvalue weighted by Gasteiger charge is 2.11. The second-order valence-electron chi connectivity index (χ2n) is 3.06. The van der Waals surface area contributed by atoms with Crippen molar-refractivity contribution in [2.45, 2.75) is 11.8 Å². The standard InChI is InChI=1S/C11H9ClOS/c12-10(5-6-13)9-7-14-11-4-2-1-3-8(9)11/h1-4,6-7,10H,5H2. The molecule has 2 aromatic rings. The molecule has 0 amide bonds. The summed E-state index contributed by atoms with van der Waals surface area (Å²) in [5.74, 6) is 0. The van der Waals surface area contributed by atoms with Crippen LogP contribution >= 0.6 is 22.9 Å². The van der Waals surface area contributed by atoms with Crippen LogP contribution in [0.15, 0.2) is 29.6 Å². The fraction of sp³-hybridized carbons (Fsp3) is 0.182. The zero-order chi connectivity index (χ0) is 9.97. The number of hydrogen-bond acceptors (Lipinski definition) is 2. The van der Waals surface area contributed by atoms with E-state index in [0.717, 1.165) is 11.8 Å². The van der Waals surface area contributed by atoms with Crippen LogP contribution in [-0.4, -0.2) is 6.29 Å². The van der Waals surface area contributed by atoms with Crippen LogP contribution in [0, 0.1) is 0 Å². The number of benzene rings is 1. The van der Waals surface area contributed by atoms with E-state index in [1.807, 2.05) is 23.6 Å². The smallest absolute Gasteiger partial charge is 0.121 e. The normalized spacial score (nSPS) is 12.9. The van der Waals surface area contributed by atoms with Gasteiger partial charge < -0.3 is 4.79 Å². The van der Waals surface area contributed by atoms with Crippen LogP contribution in [0.3, 0.4) is 0 Å². The Labute approximate surface area is 91.3 Å². The van der Waals surface area contributed by atoms with Gasteiger partial charge in [-0.15, -0.1) is 22.9 Å². The number of alkyl halides is 1. The lowest BCUT2D eigenvalue weighted by Gasteiger charge is -2.03. The fourth-order valence-corrected chi connectivity index (χ4v) is 2.80. The number of carbonyl (C=O) groups excluding carboxylic acids is 1. The zero-order valence-electron chi connectivity index (χ0n) is 7.44. The number of rotatable bonds is 3. The summed E-state index contributed by atoms with van der Waals surface area (Å²) < 4.78 is 1.22. The molecule has 0 saturated heterocycles. The van der Waals surface area contributed by atoms with Crippen LogP contribution in [0.25, 0.3) is 10.1 Å². The van der Waals surface area contributed by atoms with Gasteiger partial charge in [0.1, 0.15) is 6.29 Å². The molecule has 1 aromatic heterocycles. The molecule has 14 heavy (non-hydrogen) atoms. The van der Waals surface area contributed by atoms with Crippen molar-refractivity contribution in [2.24, 2.45) is 0 Å². The van der Waals surface area contributed by atoms with E-state index in [4.69, 9.17) is 11.6 Å². The molecular weight excluding hydrogens is 216 g/mol. The number of halogens is 1. The summed E-state index contributed by atoms with van der Waals surface area (Å²) in [6.45, 7) is 0. The van der Waals surface area contributed by atoms with E-state index in [1.165, 1.54) is 10.1 Å². The van der Waals surface area contributed by atoms with E-state index in [-0.39, 0.29) is 5.38 Å². The van der Waals surface area contributed by atoms with Crippen molar-refractivity contribution in [3.05, 3.63) is 35.2 Å². The lowest BCUT2D eigenvalue weighted by molar-refractivity contribution is -0.107. The maximum atomic E-state index is 10.4. The highest BCUT2D eigenvalue weighted by Crippen LogP contribution is 2.34. The van der Waals surface area contributed by atoms with E-state index in [1.54, 1.807) is 11.3 Å². The largest absolute Gasteiger partial charge is 0.303 e. The van der Waals surface area contributed by atoms with Crippen molar-refractivity contribution in [3.8, 4) is 0 Å². The lowest BCUT2D eigenvalue weighted by atomic mass is 10.1. The second-order valence-corrected chi connectivity index (χ2v) is 4.50. The highest BCUT2D eigenvalue weighted by atomic mass is 35.5. The minimum atomic E-state index is -0.191. The molecule has 1 atom stereocenters. The quantitative estimate of drug-likeness (QED) is 0.573. The molecule has 72 valence electrons. The van der Waals surface area contributed by atoms with Crippen molar-refractivity contribution in [2.75, 3.05) is 0 Å². The van der Waals surface area contributed by atoms with E-state index in [0.29, 0.717) is 6.42 Å². The second kappa shape index (κ2) is 4.11. The summed E-state index contributed by atoms with van der Waals surface area (Å²) >= 11 is 7.77. The SMILES string of the molecule is O=CCC(Cl)c1csc2ccccc12. The molecule has 0 bridgehead atoms. The van der Waals surface area contributed by atoms with Crippen molar-refractivity contribution in [1.29, 1.82) is 0 Å². The van der Waals surface area contributed by atoms with Gasteiger partial charge in [-0.25, -0.2) is 0 Å². The third-order valence-electron chi connectivity index (χ3n) is 2.15. The Bertz CT molecular complexity index is 449. The van der Waals surface area contributed by atoms with Crippen LogP contribution in [0.5, 0.6) is 0 Å². The van der Waals surface area contributed by atoms with Gasteiger partial charge in [-0.05, 0) is 22.4 Å². The lowest BCUT2D eigenvalue weighted by Crippen LogP contribution is -1.89. The minimum absolute atomic E-state index is 0.191. The third kappa shape index (κ3) is 1.68. The first-order valence-electron chi connectivity index (χ1n) is 4.36. The first-order chi connectivity index (χ1) is 6.83. The van der Waals surface area contributed by atoms with Gasteiger partial charge in [0, 0.05) is 11.1 Å². The summed E-state index contributed by atoms with van der Waals surface area (Å²) in [6, 6.07) is 8.10. The predicted molar refractivity (Wildman–Crippen MR) is 61.1 cm³/mol. The maximum absolute atomic E-state index is 10.4. The molecule has 1 heterocycles. The third-order valence-corrected chi connectivity index (χ3v) is 3.55. The molecule has 1 aromatic carbocycles. The van der Waals surface area contributed by atoms with Crippen LogP contribution in [0.1, 0.15) is 17.4 Å². The molecule has 0 fully saturated rings. The Hall–Kier alpha value is -0.860. The molecule has 0 N–H and O–H groups in total. The van der Waals surface area contributed by atoms with Crippen LogP contribution in [-0.2, 0) is 4.79 Å². The van der Waals surface area contributed by atoms with Gasteiger partial charge in [0.05, 0.1) is 5.38 Å². The van der Waals surface area contributed by atoms with Crippen molar-refractivity contribution < 1.29 is 4.79 Å². The van der Waals surface area contributed by atoms with Gasteiger partial charge in [0.2, 0.25) is 0 Å². The number of thiophene rings is 1. The monoisotopic (exact) mass is 224 g/mol. The highest BCUT2D eigenvalue weighted by molar-refractivity contribution is 7.17. The van der Waals surface area contributed by atoms with Gasteiger partial charge in [-0.2, -0.15) is 0 Å². The molecule has 3 heteroatoms. The maximum Gasteiger partial charge on any atom is 0.121 e. The molecule has 0 spiro atoms. The molecule has 1 unspecified atom stereocenters. The van der Waals surface area contributed by atoms with Gasteiger partial charge in [0.25, 0.3) is 0 Å². The first kappa shape index (κ1) is 9.69. The number of carbonyl (C=O) groups is 1. The summed E-state index contributed by atoms with van der Waals surface area (Å²) in [6.07, 6.45) is 1.24. The summed E-state index contributed by atoms with van der Waals surface area (Å²) in [4.78, 5) is 10.4. The molecule has 2 rings (SSSR count). The Morgan fingerprint density at radius 1 is 1.43 bits per heavy atom. The molecule has 0 saturated carbocycles. The average Bonchev–Trinajstić information content (AvgIpc) is 2.61. The molecule has 1 nitrogen and oxygen atoms in total. The molecule has 0 radical (unpaired) electrons. The van der Waals surface area contributed by atoms with Crippen molar-refractivity contribution in [1.82, 2.24) is 0 Å². The topological polar surface area (TPSA) is 17.1 Å². The number of aldehydes is 1. The molecule has 0 aliphatic rings. The van der Waals surface area contributed by atoms with E-state index >= 15 is 0 Å². The zero-order valence-corrected chi connectivity index (χ0v) is 9.02. The average molecular weight is 225 g/mol. The summed E-state index contributed by atoms with van der Waals surface area (Å²) in [5.41, 5.74) is 1.07. The summed E-state index contributed by atoms with van der Waals surface area (Å²) in [7, 11) is 0. The Morgan fingerprint density at radius 2 is 2.21 bits per heavy atom. The fourth-order valence-electron chi connectivity index (χ4n) is 1.45. The van der Waals surface area contributed by atoms with Crippen LogP contribution in [0.4, 0.5) is 0 Å². The van der Waals surface area contributed by atoms with Gasteiger partial charge >= 0.3 is 0 Å². The van der Waals surface area contributed by atoms with Gasteiger partial charge in [0.15, 0.2) is 0 Å². The van der Waals surface area contributed by atoms with Gasteiger partial charge in [-0.1, -0.05) is 18.2 Å². The van der Waals surface area contributed by atoms with Crippen LogP contribution in [0.2, 0.25) is 0 Å². The molecule has 0 aliphatic heterocycles. The Morgan fingerprint density at radius 3 is 3.00 bits per heavy atom. The van der Waals surface area contributed by atoms with Crippen molar-refractivity contribution in [3.63, 3.8) is 0 Å². The Kier molecular flexibility index (Phi) is 2.85. The molecular formula is C11H9ClOS. The van der Waals surface area contributed by atoms with E-state index < -0.39 is 0 Å². The first-order valence-corrected chi connectivity index (χ1v) is 5.68. The number of fused-ring (bicyclic) bond motifs is 1. The summed E-state index contributed by atoms with van der Waals surface area (Å²) in [5, 5.41) is 3.01. The van der Waals surface area contributed by atoms with Crippen LogP contribution < -0.4 is 0 Å². The van der Waals surface area contributed by atoms with E-state index in [9.17, 15) is 4.79 Å². The van der Waals surface area contributed by atoms with Crippen molar-refractivity contribution >= 4 is 39.3 Å². The minimum Gasteiger partial charge on any atom is -0.303 e. The Balaban J connectivity index is 2.47. The van der Waals surface area contributed by atoms with Gasteiger partial charge in [-0.3, -0.25) is 0 Å². The van der Waals surface area contributed by atoms with E-state index in [2.05, 4.69) is 6.07 Å². The predicted octanol–water partition coefficient (Wildman–Crippen LogP) is 3.77. The molecule has 0 aliphatic carbocycles.